The van der Waals surface area contributed by atoms with Crippen LogP contribution in [-0.2, 0) is 6.54 Å². The molecule has 0 aliphatic carbocycles. The molecule has 25 heavy (non-hydrogen) atoms. The summed E-state index contributed by atoms with van der Waals surface area (Å²) in [5.74, 6) is 2.44. The summed E-state index contributed by atoms with van der Waals surface area (Å²) in [6, 6.07) is 10.5. The Hall–Kier alpha value is -2.53. The molecule has 0 bridgehead atoms. The first-order valence-electron chi connectivity index (χ1n) is 8.62. The zero-order chi connectivity index (χ0) is 17.2. The number of rotatable bonds is 5. The van der Waals surface area contributed by atoms with E-state index in [1.165, 1.54) is 12.0 Å². The Morgan fingerprint density at radius 2 is 2.16 bits per heavy atom. The molecule has 2 aromatic heterocycles. The Bertz CT molecular complexity index is 839. The minimum Gasteiger partial charge on any atom is -0.496 e. The first-order chi connectivity index (χ1) is 12.3. The second kappa shape index (κ2) is 6.76. The number of likely N-dealkylation sites (tertiary alicyclic amines) is 1. The number of oxazole rings is 1. The third kappa shape index (κ3) is 3.07. The van der Waals surface area contributed by atoms with E-state index >= 15 is 0 Å². The zero-order valence-corrected chi connectivity index (χ0v) is 14.6. The number of aromatic nitrogens is 1. The van der Waals surface area contributed by atoms with Gasteiger partial charge in [0.1, 0.15) is 17.8 Å². The van der Waals surface area contributed by atoms with Crippen LogP contribution >= 0.6 is 0 Å². The molecule has 4 rings (SSSR count). The standard InChI is InChI=1S/C20H22N2O3/c1-14-17(21-20(25-14)15-9-11-24-13-15)12-22-10-5-7-18(22)16-6-3-4-8-19(16)23-2/h3-4,6,8-9,11,13,18H,5,7,10,12H2,1-2H3/t18-/m1/s1. The Morgan fingerprint density at radius 3 is 2.96 bits per heavy atom. The van der Waals surface area contributed by atoms with Gasteiger partial charge in [0.2, 0.25) is 5.89 Å². The number of hydrogen-bond donors (Lipinski definition) is 0. The van der Waals surface area contributed by atoms with E-state index in [-0.39, 0.29) is 0 Å². The van der Waals surface area contributed by atoms with Crippen LogP contribution in [-0.4, -0.2) is 23.5 Å². The molecule has 5 nitrogen and oxygen atoms in total. The van der Waals surface area contributed by atoms with E-state index in [1.54, 1.807) is 19.6 Å². The van der Waals surface area contributed by atoms with Crippen molar-refractivity contribution in [1.82, 2.24) is 9.88 Å². The summed E-state index contributed by atoms with van der Waals surface area (Å²) in [5.41, 5.74) is 3.11. The lowest BCUT2D eigenvalue weighted by atomic mass is 10.0. The second-order valence-corrected chi connectivity index (χ2v) is 6.40. The summed E-state index contributed by atoms with van der Waals surface area (Å²) in [7, 11) is 1.73. The van der Waals surface area contributed by atoms with E-state index in [9.17, 15) is 0 Å². The van der Waals surface area contributed by atoms with Gasteiger partial charge in [0, 0.05) is 18.2 Å². The summed E-state index contributed by atoms with van der Waals surface area (Å²) >= 11 is 0. The average molecular weight is 338 g/mol. The molecule has 1 fully saturated rings. The van der Waals surface area contributed by atoms with Crippen molar-refractivity contribution >= 4 is 0 Å². The number of benzene rings is 1. The molecule has 3 heterocycles. The SMILES string of the molecule is COc1ccccc1[C@H]1CCCN1Cc1nc(-c2ccoc2)oc1C. The maximum atomic E-state index is 5.83. The predicted molar refractivity (Wildman–Crippen MR) is 94.3 cm³/mol. The van der Waals surface area contributed by atoms with Gasteiger partial charge in [0.25, 0.3) is 0 Å². The highest BCUT2D eigenvalue weighted by atomic mass is 16.5. The summed E-state index contributed by atoms with van der Waals surface area (Å²) in [6.45, 7) is 3.80. The van der Waals surface area contributed by atoms with E-state index in [1.807, 2.05) is 25.1 Å². The van der Waals surface area contributed by atoms with Gasteiger partial charge in [-0.1, -0.05) is 18.2 Å². The van der Waals surface area contributed by atoms with Gasteiger partial charge in [-0.2, -0.15) is 0 Å². The van der Waals surface area contributed by atoms with Crippen molar-refractivity contribution < 1.29 is 13.6 Å². The van der Waals surface area contributed by atoms with Crippen LogP contribution in [0.2, 0.25) is 0 Å². The van der Waals surface area contributed by atoms with Gasteiger partial charge in [-0.3, -0.25) is 4.90 Å². The van der Waals surface area contributed by atoms with E-state index in [2.05, 4.69) is 22.0 Å². The molecule has 0 spiro atoms. The number of furan rings is 1. The van der Waals surface area contributed by atoms with Crippen LogP contribution in [0.1, 0.15) is 35.9 Å². The smallest absolute Gasteiger partial charge is 0.229 e. The Morgan fingerprint density at radius 1 is 1.28 bits per heavy atom. The minimum atomic E-state index is 0.352. The van der Waals surface area contributed by atoms with Crippen molar-refractivity contribution in [1.29, 1.82) is 0 Å². The van der Waals surface area contributed by atoms with Crippen LogP contribution in [0.3, 0.4) is 0 Å². The number of aryl methyl sites for hydroxylation is 1. The van der Waals surface area contributed by atoms with Crippen molar-refractivity contribution in [2.75, 3.05) is 13.7 Å². The molecule has 5 heteroatoms. The highest BCUT2D eigenvalue weighted by Gasteiger charge is 2.29. The van der Waals surface area contributed by atoms with Crippen LogP contribution in [0, 0.1) is 6.92 Å². The summed E-state index contributed by atoms with van der Waals surface area (Å²) < 4.78 is 16.5. The molecular weight excluding hydrogens is 316 g/mol. The number of para-hydroxylation sites is 1. The summed E-state index contributed by atoms with van der Waals surface area (Å²) in [4.78, 5) is 7.15. The first kappa shape index (κ1) is 16.0. The topological polar surface area (TPSA) is 51.6 Å². The second-order valence-electron chi connectivity index (χ2n) is 6.40. The molecular formula is C20H22N2O3. The van der Waals surface area contributed by atoms with Gasteiger partial charge in [-0.25, -0.2) is 4.98 Å². The number of methoxy groups -OCH3 is 1. The molecule has 0 saturated carbocycles. The lowest BCUT2D eigenvalue weighted by molar-refractivity contribution is 0.239. The fourth-order valence-electron chi connectivity index (χ4n) is 3.59. The predicted octanol–water partition coefficient (Wildman–Crippen LogP) is 4.59. The Labute approximate surface area is 147 Å². The largest absolute Gasteiger partial charge is 0.496 e. The number of ether oxygens (including phenoxy) is 1. The molecule has 3 aromatic rings. The third-order valence-electron chi connectivity index (χ3n) is 4.88. The highest BCUT2D eigenvalue weighted by molar-refractivity contribution is 5.51. The van der Waals surface area contributed by atoms with Gasteiger partial charge < -0.3 is 13.6 Å². The van der Waals surface area contributed by atoms with E-state index in [4.69, 9.17) is 13.6 Å². The molecule has 1 aliphatic heterocycles. The van der Waals surface area contributed by atoms with Crippen molar-refractivity contribution in [2.45, 2.75) is 32.4 Å². The van der Waals surface area contributed by atoms with E-state index in [0.717, 1.165) is 42.3 Å². The fourth-order valence-corrected chi connectivity index (χ4v) is 3.59. The quantitative estimate of drug-likeness (QED) is 0.681. The molecule has 1 aliphatic rings. The van der Waals surface area contributed by atoms with Crippen molar-refractivity contribution in [2.24, 2.45) is 0 Å². The molecule has 0 N–H and O–H groups in total. The Kier molecular flexibility index (Phi) is 4.32. The first-order valence-corrected chi connectivity index (χ1v) is 8.62. The van der Waals surface area contributed by atoms with Crippen molar-refractivity contribution in [3.05, 3.63) is 59.9 Å². The third-order valence-corrected chi connectivity index (χ3v) is 4.88. The van der Waals surface area contributed by atoms with E-state index in [0.29, 0.717) is 11.9 Å². The maximum absolute atomic E-state index is 5.83. The van der Waals surface area contributed by atoms with Gasteiger partial charge in [0.15, 0.2) is 0 Å². The van der Waals surface area contributed by atoms with Crippen molar-refractivity contribution in [3.63, 3.8) is 0 Å². The highest BCUT2D eigenvalue weighted by Crippen LogP contribution is 2.38. The molecule has 0 radical (unpaired) electrons. The van der Waals surface area contributed by atoms with Crippen LogP contribution in [0.4, 0.5) is 0 Å². The molecule has 1 saturated heterocycles. The van der Waals surface area contributed by atoms with Crippen LogP contribution in [0.15, 0.2) is 51.7 Å². The normalized spacial score (nSPS) is 17.9. The molecule has 130 valence electrons. The summed E-state index contributed by atoms with van der Waals surface area (Å²) in [5, 5.41) is 0. The molecule has 0 unspecified atom stereocenters. The van der Waals surface area contributed by atoms with Crippen LogP contribution in [0.5, 0.6) is 5.75 Å². The monoisotopic (exact) mass is 338 g/mol. The Balaban J connectivity index is 1.58. The number of nitrogens with zero attached hydrogens (tertiary/aromatic N) is 2. The molecule has 1 atom stereocenters. The zero-order valence-electron chi connectivity index (χ0n) is 14.6. The number of hydrogen-bond acceptors (Lipinski definition) is 5. The summed E-state index contributed by atoms with van der Waals surface area (Å²) in [6.07, 6.45) is 5.59. The van der Waals surface area contributed by atoms with Gasteiger partial charge in [-0.15, -0.1) is 0 Å². The average Bonchev–Trinajstić information content (AvgIpc) is 3.37. The minimum absolute atomic E-state index is 0.352. The lowest BCUT2D eigenvalue weighted by Gasteiger charge is -2.25. The fraction of sp³-hybridized carbons (Fsp3) is 0.350. The molecule has 0 amide bonds. The van der Waals surface area contributed by atoms with Crippen LogP contribution in [0.25, 0.3) is 11.5 Å². The molecule has 1 aromatic carbocycles. The van der Waals surface area contributed by atoms with Gasteiger partial charge in [-0.05, 0) is 38.4 Å². The lowest BCUT2D eigenvalue weighted by Crippen LogP contribution is -2.23. The van der Waals surface area contributed by atoms with Crippen LogP contribution < -0.4 is 4.74 Å². The van der Waals surface area contributed by atoms with Crippen molar-refractivity contribution in [3.8, 4) is 17.2 Å². The van der Waals surface area contributed by atoms with Gasteiger partial charge >= 0.3 is 0 Å². The maximum Gasteiger partial charge on any atom is 0.229 e. The van der Waals surface area contributed by atoms with E-state index < -0.39 is 0 Å². The van der Waals surface area contributed by atoms with Gasteiger partial charge in [0.05, 0.1) is 24.6 Å².